The Morgan fingerprint density at radius 2 is 2.00 bits per heavy atom. The van der Waals surface area contributed by atoms with Gasteiger partial charge >= 0.3 is 0 Å². The molecular weight excluding hydrogens is 255 g/mol. The molecule has 1 heterocycles. The van der Waals surface area contributed by atoms with Crippen LogP contribution in [-0.2, 0) is 0 Å². The van der Waals surface area contributed by atoms with Crippen LogP contribution in [0, 0.1) is 11.7 Å². The molecule has 112 valence electrons. The zero-order valence-electron chi connectivity index (χ0n) is 12.8. The van der Waals surface area contributed by atoms with E-state index in [4.69, 9.17) is 10.5 Å². The summed E-state index contributed by atoms with van der Waals surface area (Å²) < 4.78 is 19.4. The number of hydrogen-bond donors (Lipinski definition) is 1. The average molecular weight is 280 g/mol. The first-order chi connectivity index (χ1) is 9.40. The Bertz CT molecular complexity index is 474. The second kappa shape index (κ2) is 5.90. The van der Waals surface area contributed by atoms with E-state index in [0.29, 0.717) is 23.4 Å². The van der Waals surface area contributed by atoms with Gasteiger partial charge in [0.05, 0.1) is 17.5 Å². The number of nitrogens with two attached hydrogens (primary N) is 1. The standard InChI is InChI=1S/C16H25FN2O/c1-10(2)14-6-5-7-19(14)15-9-16(20-11(3)4)12(17)8-13(15)18/h8-11,14H,5-7,18H2,1-4H3. The van der Waals surface area contributed by atoms with E-state index in [1.165, 1.54) is 6.07 Å². The van der Waals surface area contributed by atoms with Crippen LogP contribution in [0.4, 0.5) is 15.8 Å². The number of halogens is 1. The molecule has 1 aliphatic heterocycles. The van der Waals surface area contributed by atoms with Crippen molar-refractivity contribution in [3.05, 3.63) is 17.9 Å². The Labute approximate surface area is 120 Å². The van der Waals surface area contributed by atoms with Crippen molar-refractivity contribution < 1.29 is 9.13 Å². The molecule has 0 aliphatic carbocycles. The lowest BCUT2D eigenvalue weighted by Gasteiger charge is -2.31. The molecule has 0 saturated carbocycles. The maximum atomic E-state index is 13.9. The van der Waals surface area contributed by atoms with E-state index < -0.39 is 0 Å². The van der Waals surface area contributed by atoms with Gasteiger partial charge in [0.15, 0.2) is 11.6 Å². The average Bonchev–Trinajstić information content (AvgIpc) is 2.81. The number of hydrogen-bond acceptors (Lipinski definition) is 3. The number of nitrogens with zero attached hydrogens (tertiary/aromatic N) is 1. The van der Waals surface area contributed by atoms with Crippen LogP contribution in [0.3, 0.4) is 0 Å². The van der Waals surface area contributed by atoms with Gasteiger partial charge in [-0.2, -0.15) is 0 Å². The molecule has 0 aromatic heterocycles. The van der Waals surface area contributed by atoms with Crippen LogP contribution in [0.1, 0.15) is 40.5 Å². The van der Waals surface area contributed by atoms with Crippen LogP contribution in [0.5, 0.6) is 5.75 Å². The van der Waals surface area contributed by atoms with Crippen molar-refractivity contribution in [2.24, 2.45) is 5.92 Å². The van der Waals surface area contributed by atoms with Gasteiger partial charge in [-0.1, -0.05) is 13.8 Å². The molecule has 1 atom stereocenters. The van der Waals surface area contributed by atoms with Gasteiger partial charge in [0.1, 0.15) is 0 Å². The number of anilines is 2. The highest BCUT2D eigenvalue weighted by atomic mass is 19.1. The lowest BCUT2D eigenvalue weighted by molar-refractivity contribution is 0.231. The van der Waals surface area contributed by atoms with E-state index in [1.807, 2.05) is 13.8 Å². The molecular formula is C16H25FN2O. The smallest absolute Gasteiger partial charge is 0.167 e. The van der Waals surface area contributed by atoms with Crippen LogP contribution in [0.25, 0.3) is 0 Å². The summed E-state index contributed by atoms with van der Waals surface area (Å²) in [6.07, 6.45) is 2.26. The van der Waals surface area contributed by atoms with E-state index >= 15 is 0 Å². The Balaban J connectivity index is 2.35. The predicted octanol–water partition coefficient (Wildman–Crippen LogP) is 3.82. The second-order valence-electron chi connectivity index (χ2n) is 6.16. The minimum atomic E-state index is -0.389. The molecule has 0 amide bonds. The third-order valence-electron chi connectivity index (χ3n) is 3.82. The number of rotatable bonds is 4. The summed E-state index contributed by atoms with van der Waals surface area (Å²) in [7, 11) is 0. The Hall–Kier alpha value is -1.45. The summed E-state index contributed by atoms with van der Waals surface area (Å²) in [5.74, 6) is 0.454. The van der Waals surface area contributed by atoms with Crippen LogP contribution in [-0.4, -0.2) is 18.7 Å². The molecule has 0 bridgehead atoms. The van der Waals surface area contributed by atoms with E-state index in [1.54, 1.807) is 6.07 Å². The summed E-state index contributed by atoms with van der Waals surface area (Å²) in [6, 6.07) is 3.60. The van der Waals surface area contributed by atoms with Gasteiger partial charge in [-0.3, -0.25) is 0 Å². The molecule has 2 N–H and O–H groups in total. The molecule has 0 spiro atoms. The van der Waals surface area contributed by atoms with Gasteiger partial charge in [-0.25, -0.2) is 4.39 Å². The maximum absolute atomic E-state index is 13.9. The first-order valence-electron chi connectivity index (χ1n) is 7.42. The number of benzene rings is 1. The largest absolute Gasteiger partial charge is 0.488 e. The number of ether oxygens (including phenoxy) is 1. The van der Waals surface area contributed by atoms with Gasteiger partial charge in [0, 0.05) is 24.7 Å². The fourth-order valence-corrected chi connectivity index (χ4v) is 2.94. The molecule has 1 aromatic carbocycles. The Morgan fingerprint density at radius 1 is 1.30 bits per heavy atom. The van der Waals surface area contributed by atoms with Gasteiger partial charge in [0.25, 0.3) is 0 Å². The fraction of sp³-hybridized carbons (Fsp3) is 0.625. The van der Waals surface area contributed by atoms with Crippen LogP contribution >= 0.6 is 0 Å². The second-order valence-corrected chi connectivity index (χ2v) is 6.16. The van der Waals surface area contributed by atoms with E-state index in [0.717, 1.165) is 25.1 Å². The first-order valence-corrected chi connectivity index (χ1v) is 7.42. The van der Waals surface area contributed by atoms with E-state index in [2.05, 4.69) is 18.7 Å². The van der Waals surface area contributed by atoms with E-state index in [9.17, 15) is 4.39 Å². The first kappa shape index (κ1) is 14.9. The minimum absolute atomic E-state index is 0.0551. The van der Waals surface area contributed by atoms with Crippen LogP contribution < -0.4 is 15.4 Å². The third kappa shape index (κ3) is 3.00. The summed E-state index contributed by atoms with van der Waals surface area (Å²) in [5.41, 5.74) is 7.42. The molecule has 2 rings (SSSR count). The molecule has 1 saturated heterocycles. The van der Waals surface area contributed by atoms with E-state index in [-0.39, 0.29) is 11.9 Å². The highest BCUT2D eigenvalue weighted by Crippen LogP contribution is 2.37. The molecule has 3 nitrogen and oxygen atoms in total. The van der Waals surface area contributed by atoms with Crippen LogP contribution in [0.15, 0.2) is 12.1 Å². The molecule has 1 aromatic rings. The molecule has 20 heavy (non-hydrogen) atoms. The lowest BCUT2D eigenvalue weighted by Crippen LogP contribution is -2.33. The van der Waals surface area contributed by atoms with Crippen molar-refractivity contribution in [3.8, 4) is 5.75 Å². The molecule has 4 heteroatoms. The summed E-state index contributed by atoms with van der Waals surface area (Å²) in [6.45, 7) is 9.19. The minimum Gasteiger partial charge on any atom is -0.488 e. The predicted molar refractivity (Wildman–Crippen MR) is 81.8 cm³/mol. The Morgan fingerprint density at radius 3 is 2.60 bits per heavy atom. The summed E-state index contributed by atoms with van der Waals surface area (Å²) >= 11 is 0. The van der Waals surface area contributed by atoms with Gasteiger partial charge in [-0.05, 0) is 32.6 Å². The van der Waals surface area contributed by atoms with Crippen molar-refractivity contribution in [1.82, 2.24) is 0 Å². The zero-order chi connectivity index (χ0) is 14.9. The molecule has 0 radical (unpaired) electrons. The highest BCUT2D eigenvalue weighted by molar-refractivity contribution is 5.71. The van der Waals surface area contributed by atoms with Crippen molar-refractivity contribution in [2.75, 3.05) is 17.2 Å². The third-order valence-corrected chi connectivity index (χ3v) is 3.82. The SMILES string of the molecule is CC(C)Oc1cc(N2CCCC2C(C)C)c(N)cc1F. The van der Waals surface area contributed by atoms with Crippen molar-refractivity contribution >= 4 is 11.4 Å². The summed E-state index contributed by atoms with van der Waals surface area (Å²) in [5, 5.41) is 0. The van der Waals surface area contributed by atoms with Gasteiger partial charge in [-0.15, -0.1) is 0 Å². The molecule has 1 fully saturated rings. The van der Waals surface area contributed by atoms with Crippen LogP contribution in [0.2, 0.25) is 0 Å². The fourth-order valence-electron chi connectivity index (χ4n) is 2.94. The van der Waals surface area contributed by atoms with Crippen molar-refractivity contribution in [3.63, 3.8) is 0 Å². The maximum Gasteiger partial charge on any atom is 0.167 e. The van der Waals surface area contributed by atoms with Gasteiger partial charge < -0.3 is 15.4 Å². The zero-order valence-corrected chi connectivity index (χ0v) is 12.8. The molecule has 1 aliphatic rings. The van der Waals surface area contributed by atoms with Crippen molar-refractivity contribution in [2.45, 2.75) is 52.7 Å². The lowest BCUT2D eigenvalue weighted by atomic mass is 10.0. The normalized spacial score (nSPS) is 19.1. The highest BCUT2D eigenvalue weighted by Gasteiger charge is 2.29. The topological polar surface area (TPSA) is 38.5 Å². The summed E-state index contributed by atoms with van der Waals surface area (Å²) in [4.78, 5) is 2.30. The number of nitrogen functional groups attached to an aromatic ring is 1. The van der Waals surface area contributed by atoms with Gasteiger partial charge in [0.2, 0.25) is 0 Å². The molecule has 1 unspecified atom stereocenters. The monoisotopic (exact) mass is 280 g/mol. The Kier molecular flexibility index (Phi) is 4.41. The quantitative estimate of drug-likeness (QED) is 0.852. The van der Waals surface area contributed by atoms with Crippen molar-refractivity contribution in [1.29, 1.82) is 0 Å².